The molecule has 0 heterocycles. The molecule has 0 amide bonds. The van der Waals surface area contributed by atoms with Crippen molar-refractivity contribution in [3.05, 3.63) is 27.7 Å². The fourth-order valence-corrected chi connectivity index (χ4v) is 2.37. The van der Waals surface area contributed by atoms with E-state index >= 15 is 0 Å². The van der Waals surface area contributed by atoms with E-state index in [1.807, 2.05) is 19.1 Å². The normalized spacial score (nSPS) is 10.4. The second kappa shape index (κ2) is 6.48. The third-order valence-corrected chi connectivity index (χ3v) is 3.05. The van der Waals surface area contributed by atoms with Crippen molar-refractivity contribution in [2.24, 2.45) is 0 Å². The Kier molecular flexibility index (Phi) is 5.61. The van der Waals surface area contributed by atoms with Crippen molar-refractivity contribution in [3.8, 4) is 5.75 Å². The van der Waals surface area contributed by atoms with Crippen molar-refractivity contribution in [2.75, 3.05) is 13.3 Å². The molecule has 15 heavy (non-hydrogen) atoms. The third-order valence-electron chi connectivity index (χ3n) is 1.98. The van der Waals surface area contributed by atoms with E-state index in [1.165, 1.54) is 0 Å². The van der Waals surface area contributed by atoms with Crippen LogP contribution < -0.4 is 4.74 Å². The quantitative estimate of drug-likeness (QED) is 0.571. The van der Waals surface area contributed by atoms with Crippen LogP contribution in [0.3, 0.4) is 0 Å². The van der Waals surface area contributed by atoms with Crippen molar-refractivity contribution in [1.29, 1.82) is 0 Å². The van der Waals surface area contributed by atoms with E-state index in [0.29, 0.717) is 13.0 Å². The summed E-state index contributed by atoms with van der Waals surface area (Å²) in [7, 11) is 0. The average molecular weight is 340 g/mol. The summed E-state index contributed by atoms with van der Waals surface area (Å²) in [6.45, 7) is 2.08. The molecule has 1 aromatic carbocycles. The van der Waals surface area contributed by atoms with Gasteiger partial charge in [0.2, 0.25) is 0 Å². The van der Waals surface area contributed by atoms with Gasteiger partial charge in [0.1, 0.15) is 5.75 Å². The molecule has 0 saturated carbocycles. The van der Waals surface area contributed by atoms with Gasteiger partial charge in [-0.2, -0.15) is 0 Å². The molecule has 0 aliphatic carbocycles. The SMILES string of the molecule is Cc1cc(Br)cc(CBr)c1OCCCF. The molecule has 0 fully saturated rings. The fraction of sp³-hybridized carbons (Fsp3) is 0.455. The molecule has 84 valence electrons. The molecule has 0 aliphatic rings. The lowest BCUT2D eigenvalue weighted by atomic mass is 10.1. The summed E-state index contributed by atoms with van der Waals surface area (Å²) >= 11 is 6.84. The molecule has 0 atom stereocenters. The topological polar surface area (TPSA) is 9.23 Å². The zero-order valence-electron chi connectivity index (χ0n) is 8.53. The van der Waals surface area contributed by atoms with Gasteiger partial charge in [-0.05, 0) is 24.6 Å². The number of benzene rings is 1. The lowest BCUT2D eigenvalue weighted by molar-refractivity contribution is 0.286. The van der Waals surface area contributed by atoms with E-state index in [0.717, 1.165) is 26.7 Å². The Bertz CT molecular complexity index is 329. The molecule has 0 spiro atoms. The van der Waals surface area contributed by atoms with Gasteiger partial charge < -0.3 is 4.74 Å². The van der Waals surface area contributed by atoms with Crippen molar-refractivity contribution in [1.82, 2.24) is 0 Å². The molecular weight excluding hydrogens is 327 g/mol. The van der Waals surface area contributed by atoms with Crippen LogP contribution in [-0.2, 0) is 5.33 Å². The fourth-order valence-electron chi connectivity index (χ4n) is 1.33. The Morgan fingerprint density at radius 2 is 2.13 bits per heavy atom. The number of aryl methyl sites for hydroxylation is 1. The van der Waals surface area contributed by atoms with Crippen LogP contribution >= 0.6 is 31.9 Å². The van der Waals surface area contributed by atoms with Crippen molar-refractivity contribution < 1.29 is 9.13 Å². The van der Waals surface area contributed by atoms with Gasteiger partial charge in [-0.1, -0.05) is 31.9 Å². The monoisotopic (exact) mass is 338 g/mol. The van der Waals surface area contributed by atoms with Crippen molar-refractivity contribution in [3.63, 3.8) is 0 Å². The van der Waals surface area contributed by atoms with Crippen LogP contribution in [0.2, 0.25) is 0 Å². The number of rotatable bonds is 5. The summed E-state index contributed by atoms with van der Waals surface area (Å²) in [5.41, 5.74) is 2.15. The van der Waals surface area contributed by atoms with E-state index in [1.54, 1.807) is 0 Å². The summed E-state index contributed by atoms with van der Waals surface area (Å²) in [6, 6.07) is 4.00. The van der Waals surface area contributed by atoms with E-state index in [2.05, 4.69) is 31.9 Å². The molecule has 0 saturated heterocycles. The first kappa shape index (κ1) is 13.0. The largest absolute Gasteiger partial charge is 0.493 e. The molecule has 0 radical (unpaired) electrons. The molecule has 0 unspecified atom stereocenters. The van der Waals surface area contributed by atoms with Crippen LogP contribution in [0.25, 0.3) is 0 Å². The second-order valence-electron chi connectivity index (χ2n) is 3.24. The molecule has 1 rings (SSSR count). The van der Waals surface area contributed by atoms with E-state index in [4.69, 9.17) is 4.74 Å². The van der Waals surface area contributed by atoms with Crippen LogP contribution in [0, 0.1) is 6.92 Å². The van der Waals surface area contributed by atoms with Gasteiger partial charge in [-0.25, -0.2) is 0 Å². The van der Waals surface area contributed by atoms with Gasteiger partial charge in [0, 0.05) is 21.8 Å². The first-order valence-electron chi connectivity index (χ1n) is 4.72. The molecule has 0 bridgehead atoms. The number of ether oxygens (including phenoxy) is 1. The van der Waals surface area contributed by atoms with Gasteiger partial charge >= 0.3 is 0 Å². The molecule has 0 aliphatic heterocycles. The average Bonchev–Trinajstić information content (AvgIpc) is 2.20. The highest BCUT2D eigenvalue weighted by Crippen LogP contribution is 2.29. The van der Waals surface area contributed by atoms with Crippen molar-refractivity contribution in [2.45, 2.75) is 18.7 Å². The molecule has 0 N–H and O–H groups in total. The summed E-state index contributed by atoms with van der Waals surface area (Å²) in [5, 5.41) is 0.734. The number of alkyl halides is 2. The Morgan fingerprint density at radius 3 is 2.73 bits per heavy atom. The first-order chi connectivity index (χ1) is 7.19. The van der Waals surface area contributed by atoms with Crippen molar-refractivity contribution >= 4 is 31.9 Å². The van der Waals surface area contributed by atoms with Crippen LogP contribution in [0.4, 0.5) is 4.39 Å². The Balaban J connectivity index is 2.84. The molecule has 1 aromatic rings. The van der Waals surface area contributed by atoms with Gasteiger partial charge in [0.25, 0.3) is 0 Å². The van der Waals surface area contributed by atoms with Gasteiger partial charge in [-0.3, -0.25) is 4.39 Å². The lowest BCUT2D eigenvalue weighted by Crippen LogP contribution is -2.02. The first-order valence-corrected chi connectivity index (χ1v) is 6.64. The van der Waals surface area contributed by atoms with Gasteiger partial charge in [-0.15, -0.1) is 0 Å². The zero-order valence-corrected chi connectivity index (χ0v) is 11.7. The van der Waals surface area contributed by atoms with Crippen LogP contribution in [0.1, 0.15) is 17.5 Å². The highest BCUT2D eigenvalue weighted by molar-refractivity contribution is 9.10. The predicted octanol–water partition coefficient (Wildman–Crippen LogP) is 4.39. The molecule has 4 heteroatoms. The van der Waals surface area contributed by atoms with Gasteiger partial charge in [0.05, 0.1) is 13.3 Å². The van der Waals surface area contributed by atoms with Gasteiger partial charge in [0.15, 0.2) is 0 Å². The number of hydrogen-bond acceptors (Lipinski definition) is 1. The summed E-state index contributed by atoms with van der Waals surface area (Å²) in [4.78, 5) is 0. The summed E-state index contributed by atoms with van der Waals surface area (Å²) < 4.78 is 18.5. The molecule has 1 nitrogen and oxygen atoms in total. The van der Waals surface area contributed by atoms with Crippen LogP contribution in [0.5, 0.6) is 5.75 Å². The number of halogens is 3. The molecule has 0 aromatic heterocycles. The smallest absolute Gasteiger partial charge is 0.126 e. The second-order valence-corrected chi connectivity index (χ2v) is 4.71. The Labute approximate surface area is 106 Å². The number of hydrogen-bond donors (Lipinski definition) is 0. The zero-order chi connectivity index (χ0) is 11.3. The standard InChI is InChI=1S/C11H13Br2FO/c1-8-5-10(13)6-9(7-12)11(8)15-4-2-3-14/h5-6H,2-4,7H2,1H3. The Morgan fingerprint density at radius 1 is 1.40 bits per heavy atom. The maximum atomic E-state index is 11.9. The van der Waals surface area contributed by atoms with Crippen LogP contribution in [-0.4, -0.2) is 13.3 Å². The van der Waals surface area contributed by atoms with E-state index < -0.39 is 0 Å². The predicted molar refractivity (Wildman–Crippen MR) is 67.6 cm³/mol. The lowest BCUT2D eigenvalue weighted by Gasteiger charge is -2.13. The minimum atomic E-state index is -0.334. The third kappa shape index (κ3) is 3.76. The van der Waals surface area contributed by atoms with Crippen LogP contribution in [0.15, 0.2) is 16.6 Å². The highest BCUT2D eigenvalue weighted by atomic mass is 79.9. The molecular formula is C11H13Br2FO. The summed E-state index contributed by atoms with van der Waals surface area (Å²) in [5.74, 6) is 0.864. The maximum Gasteiger partial charge on any atom is 0.126 e. The summed E-state index contributed by atoms with van der Waals surface area (Å²) in [6.07, 6.45) is 0.442. The minimum absolute atomic E-state index is 0.334. The van der Waals surface area contributed by atoms with E-state index in [9.17, 15) is 4.39 Å². The Hall–Kier alpha value is -0.0900. The van der Waals surface area contributed by atoms with E-state index in [-0.39, 0.29) is 6.67 Å². The maximum absolute atomic E-state index is 11.9. The minimum Gasteiger partial charge on any atom is -0.493 e. The highest BCUT2D eigenvalue weighted by Gasteiger charge is 2.07.